The molecule has 2 atom stereocenters. The summed E-state index contributed by atoms with van der Waals surface area (Å²) in [6.45, 7) is 0. The van der Waals surface area contributed by atoms with E-state index in [-0.39, 0.29) is 18.8 Å². The molecule has 0 aromatic heterocycles. The Hall–Kier alpha value is 0.0400. The van der Waals surface area contributed by atoms with Crippen molar-refractivity contribution in [1.29, 1.82) is 0 Å². The van der Waals surface area contributed by atoms with Gasteiger partial charge in [-0.05, 0) is 12.8 Å². The lowest BCUT2D eigenvalue weighted by molar-refractivity contribution is -0.186. The maximum Gasteiger partial charge on any atom is 0.393 e. The van der Waals surface area contributed by atoms with E-state index in [4.69, 9.17) is 5.73 Å². The third-order valence-corrected chi connectivity index (χ3v) is 2.24. The second kappa shape index (κ2) is 4.33. The highest BCUT2D eigenvalue weighted by molar-refractivity contribution is 5.85. The second-order valence-corrected chi connectivity index (χ2v) is 3.10. The number of rotatable bonds is 0. The summed E-state index contributed by atoms with van der Waals surface area (Å²) in [5.41, 5.74) is 5.35. The van der Waals surface area contributed by atoms with Gasteiger partial charge in [-0.2, -0.15) is 13.2 Å². The summed E-state index contributed by atoms with van der Waals surface area (Å²) in [6.07, 6.45) is -1.85. The van der Waals surface area contributed by atoms with Crippen LogP contribution >= 0.6 is 12.4 Å². The van der Waals surface area contributed by atoms with Gasteiger partial charge in [0.2, 0.25) is 0 Å². The molecule has 74 valence electrons. The minimum absolute atomic E-state index is 0. The molecule has 1 nitrogen and oxygen atoms in total. The molecule has 1 saturated carbocycles. The molecular formula is C7H13ClF3N. The summed E-state index contributed by atoms with van der Waals surface area (Å²) in [7, 11) is 0. The topological polar surface area (TPSA) is 26.0 Å². The molecule has 0 unspecified atom stereocenters. The summed E-state index contributed by atoms with van der Waals surface area (Å²) < 4.78 is 36.3. The van der Waals surface area contributed by atoms with Crippen molar-refractivity contribution in [3.63, 3.8) is 0 Å². The van der Waals surface area contributed by atoms with Gasteiger partial charge in [0.1, 0.15) is 0 Å². The fourth-order valence-corrected chi connectivity index (χ4v) is 1.57. The highest BCUT2D eigenvalue weighted by atomic mass is 35.5. The van der Waals surface area contributed by atoms with Gasteiger partial charge < -0.3 is 5.73 Å². The van der Waals surface area contributed by atoms with E-state index in [1.54, 1.807) is 0 Å². The molecule has 5 heteroatoms. The first kappa shape index (κ1) is 12.0. The van der Waals surface area contributed by atoms with Crippen molar-refractivity contribution >= 4 is 12.4 Å². The maximum atomic E-state index is 12.1. The van der Waals surface area contributed by atoms with E-state index in [2.05, 4.69) is 0 Å². The first-order chi connectivity index (χ1) is 5.02. The minimum Gasteiger partial charge on any atom is -0.327 e. The summed E-state index contributed by atoms with van der Waals surface area (Å²) in [6, 6.07) is -0.663. The fourth-order valence-electron chi connectivity index (χ4n) is 1.57. The smallest absolute Gasteiger partial charge is 0.327 e. The Labute approximate surface area is 75.9 Å². The van der Waals surface area contributed by atoms with Crippen LogP contribution in [0.15, 0.2) is 0 Å². The maximum absolute atomic E-state index is 12.1. The molecule has 1 aliphatic carbocycles. The lowest BCUT2D eigenvalue weighted by Gasteiger charge is -2.29. The summed E-state index contributed by atoms with van der Waals surface area (Å²) >= 11 is 0. The third kappa shape index (κ3) is 2.83. The van der Waals surface area contributed by atoms with E-state index in [1.165, 1.54) is 0 Å². The predicted octanol–water partition coefficient (Wildman–Crippen LogP) is 2.49. The molecule has 2 N–H and O–H groups in total. The van der Waals surface area contributed by atoms with Crippen LogP contribution in [0.4, 0.5) is 13.2 Å². The number of halogens is 4. The van der Waals surface area contributed by atoms with Gasteiger partial charge in [-0.25, -0.2) is 0 Å². The van der Waals surface area contributed by atoms with Crippen LogP contribution in [0, 0.1) is 5.92 Å². The highest BCUT2D eigenvalue weighted by Crippen LogP contribution is 2.36. The van der Waals surface area contributed by atoms with E-state index in [0.717, 1.165) is 6.42 Å². The minimum atomic E-state index is -4.08. The molecule has 0 radical (unpaired) electrons. The van der Waals surface area contributed by atoms with Gasteiger partial charge >= 0.3 is 6.18 Å². The van der Waals surface area contributed by atoms with Gasteiger partial charge in [-0.1, -0.05) is 12.8 Å². The van der Waals surface area contributed by atoms with Crippen molar-refractivity contribution in [2.45, 2.75) is 37.9 Å². The Morgan fingerprint density at radius 2 is 1.58 bits per heavy atom. The molecule has 12 heavy (non-hydrogen) atoms. The van der Waals surface area contributed by atoms with Crippen molar-refractivity contribution in [1.82, 2.24) is 0 Å². The normalized spacial score (nSPS) is 31.0. The SMILES string of the molecule is Cl.N[C@H]1CCCC[C@H]1C(F)(F)F. The van der Waals surface area contributed by atoms with Crippen LogP contribution in [0.2, 0.25) is 0 Å². The third-order valence-electron chi connectivity index (χ3n) is 2.24. The van der Waals surface area contributed by atoms with Crippen molar-refractivity contribution in [3.05, 3.63) is 0 Å². The monoisotopic (exact) mass is 203 g/mol. The average molecular weight is 204 g/mol. The number of hydrogen-bond donors (Lipinski definition) is 1. The molecule has 0 heterocycles. The van der Waals surface area contributed by atoms with Crippen LogP contribution < -0.4 is 5.73 Å². The van der Waals surface area contributed by atoms with Crippen LogP contribution in [0.3, 0.4) is 0 Å². The van der Waals surface area contributed by atoms with Crippen LogP contribution in [0.5, 0.6) is 0 Å². The zero-order valence-electron chi connectivity index (χ0n) is 6.60. The Bertz CT molecular complexity index is 137. The number of alkyl halides is 3. The molecule has 0 saturated heterocycles. The molecule has 0 aliphatic heterocycles. The van der Waals surface area contributed by atoms with Crippen molar-refractivity contribution in [2.75, 3.05) is 0 Å². The molecule has 0 aromatic rings. The summed E-state index contributed by atoms with van der Waals surface area (Å²) in [5.74, 6) is -1.25. The molecule has 0 aromatic carbocycles. The first-order valence-corrected chi connectivity index (χ1v) is 3.84. The van der Waals surface area contributed by atoms with Gasteiger partial charge in [-0.15, -0.1) is 12.4 Å². The quantitative estimate of drug-likeness (QED) is 0.643. The largest absolute Gasteiger partial charge is 0.393 e. The highest BCUT2D eigenvalue weighted by Gasteiger charge is 2.43. The van der Waals surface area contributed by atoms with Gasteiger partial charge in [0.25, 0.3) is 0 Å². The molecule has 0 amide bonds. The average Bonchev–Trinajstić information content (AvgIpc) is 1.86. The Kier molecular flexibility index (Phi) is 4.34. The number of hydrogen-bond acceptors (Lipinski definition) is 1. The summed E-state index contributed by atoms with van der Waals surface area (Å²) in [5, 5.41) is 0. The molecule has 1 aliphatic rings. The lowest BCUT2D eigenvalue weighted by atomic mass is 9.85. The van der Waals surface area contributed by atoms with Crippen LogP contribution in [0.25, 0.3) is 0 Å². The van der Waals surface area contributed by atoms with Crippen molar-refractivity contribution in [2.24, 2.45) is 11.7 Å². The lowest BCUT2D eigenvalue weighted by Crippen LogP contribution is -2.41. The van der Waals surface area contributed by atoms with Crippen LogP contribution in [0.1, 0.15) is 25.7 Å². The van der Waals surface area contributed by atoms with Gasteiger partial charge in [0.15, 0.2) is 0 Å². The van der Waals surface area contributed by atoms with Gasteiger partial charge in [-0.3, -0.25) is 0 Å². The summed E-state index contributed by atoms with van der Waals surface area (Å²) in [4.78, 5) is 0. The Balaban J connectivity index is 0.00000121. The van der Waals surface area contributed by atoms with E-state index in [9.17, 15) is 13.2 Å². The van der Waals surface area contributed by atoms with E-state index < -0.39 is 18.1 Å². The van der Waals surface area contributed by atoms with Crippen LogP contribution in [-0.2, 0) is 0 Å². The first-order valence-electron chi connectivity index (χ1n) is 3.84. The fraction of sp³-hybridized carbons (Fsp3) is 1.00. The van der Waals surface area contributed by atoms with E-state index >= 15 is 0 Å². The van der Waals surface area contributed by atoms with Crippen molar-refractivity contribution in [3.8, 4) is 0 Å². The molecule has 0 spiro atoms. The zero-order chi connectivity index (χ0) is 8.48. The molecule has 0 bridgehead atoms. The van der Waals surface area contributed by atoms with Crippen LogP contribution in [-0.4, -0.2) is 12.2 Å². The van der Waals surface area contributed by atoms with Gasteiger partial charge in [0, 0.05) is 6.04 Å². The van der Waals surface area contributed by atoms with Gasteiger partial charge in [0.05, 0.1) is 5.92 Å². The van der Waals surface area contributed by atoms with E-state index in [0.29, 0.717) is 12.8 Å². The Morgan fingerprint density at radius 1 is 1.08 bits per heavy atom. The molecule has 1 fully saturated rings. The molecule has 1 rings (SSSR count). The standard InChI is InChI=1S/C7H12F3N.ClH/c8-7(9,10)5-3-1-2-4-6(5)11;/h5-6H,1-4,11H2;1H/t5-,6+;/m1./s1. The zero-order valence-corrected chi connectivity index (χ0v) is 7.42. The number of nitrogens with two attached hydrogens (primary N) is 1. The van der Waals surface area contributed by atoms with Crippen molar-refractivity contribution < 1.29 is 13.2 Å². The molecular weight excluding hydrogens is 191 g/mol. The Morgan fingerprint density at radius 3 is 1.92 bits per heavy atom. The predicted molar refractivity (Wildman–Crippen MR) is 43.2 cm³/mol. The van der Waals surface area contributed by atoms with E-state index in [1.807, 2.05) is 0 Å². The second-order valence-electron chi connectivity index (χ2n) is 3.10.